The molecule has 0 amide bonds. The zero-order valence-corrected chi connectivity index (χ0v) is 9.90. The van der Waals surface area contributed by atoms with Crippen LogP contribution in [0.1, 0.15) is 19.5 Å². The van der Waals surface area contributed by atoms with Crippen LogP contribution in [0.4, 0.5) is 0 Å². The normalized spacial score (nSPS) is 11.9. The number of rotatable bonds is 5. The first kappa shape index (κ1) is 12.5. The van der Waals surface area contributed by atoms with Gasteiger partial charge in [-0.1, -0.05) is 0 Å². The average molecular weight is 223 g/mol. The molecule has 0 bridgehead atoms. The minimum Gasteiger partial charge on any atom is -0.491 e. The molecule has 0 N–H and O–H groups in total. The molecule has 1 aromatic rings. The Bertz CT molecular complexity index is 335. The van der Waals surface area contributed by atoms with Crippen LogP contribution in [-0.2, 0) is 9.53 Å². The number of carbonyl (C=O) groups excluding carboxylic acids is 1. The van der Waals surface area contributed by atoms with E-state index in [4.69, 9.17) is 9.47 Å². The summed E-state index contributed by atoms with van der Waals surface area (Å²) in [5.74, 6) is 0.172. The van der Waals surface area contributed by atoms with Crippen molar-refractivity contribution in [3.05, 3.63) is 24.0 Å². The van der Waals surface area contributed by atoms with Gasteiger partial charge in [-0.2, -0.15) is 0 Å². The summed E-state index contributed by atoms with van der Waals surface area (Å²) in [5, 5.41) is 0. The molecular formula is C12H17NO3. The van der Waals surface area contributed by atoms with E-state index in [-0.39, 0.29) is 11.9 Å². The van der Waals surface area contributed by atoms with Gasteiger partial charge in [0.15, 0.2) is 0 Å². The maximum absolute atomic E-state index is 11.3. The van der Waals surface area contributed by atoms with Gasteiger partial charge in [-0.3, -0.25) is 9.78 Å². The molecule has 0 radical (unpaired) electrons. The van der Waals surface area contributed by atoms with Crippen LogP contribution in [0.3, 0.4) is 0 Å². The third kappa shape index (κ3) is 3.88. The maximum atomic E-state index is 11.3. The summed E-state index contributed by atoms with van der Waals surface area (Å²) in [5.41, 5.74) is 0.936. The van der Waals surface area contributed by atoms with E-state index in [2.05, 4.69) is 4.98 Å². The predicted octanol–water partition coefficient (Wildman–Crippen LogP) is 1.97. The van der Waals surface area contributed by atoms with Crippen molar-refractivity contribution in [3.63, 3.8) is 0 Å². The van der Waals surface area contributed by atoms with Gasteiger partial charge in [0.25, 0.3) is 0 Å². The minimum atomic E-state index is -0.263. The first-order valence-corrected chi connectivity index (χ1v) is 5.35. The van der Waals surface area contributed by atoms with Gasteiger partial charge in [0.2, 0.25) is 0 Å². The highest BCUT2D eigenvalue weighted by molar-refractivity contribution is 5.72. The van der Waals surface area contributed by atoms with E-state index in [9.17, 15) is 4.79 Å². The lowest BCUT2D eigenvalue weighted by Gasteiger charge is -2.11. The monoisotopic (exact) mass is 223 g/mol. The number of hydrogen-bond donors (Lipinski definition) is 0. The third-order valence-electron chi connectivity index (χ3n) is 2.07. The number of carbonyl (C=O) groups is 1. The molecule has 1 heterocycles. The molecule has 0 fully saturated rings. The first-order chi connectivity index (χ1) is 7.63. The van der Waals surface area contributed by atoms with Crippen molar-refractivity contribution in [3.8, 4) is 5.75 Å². The molecule has 1 atom stereocenters. The Morgan fingerprint density at radius 1 is 1.50 bits per heavy atom. The molecule has 0 spiro atoms. The fraction of sp³-hybridized carbons (Fsp3) is 0.500. The summed E-state index contributed by atoms with van der Waals surface area (Å²) >= 11 is 0. The Morgan fingerprint density at radius 2 is 2.25 bits per heavy atom. The molecule has 0 aromatic carbocycles. The van der Waals surface area contributed by atoms with Crippen molar-refractivity contribution >= 4 is 5.97 Å². The van der Waals surface area contributed by atoms with E-state index < -0.39 is 0 Å². The Balaban J connectivity index is 2.39. The second-order valence-electron chi connectivity index (χ2n) is 3.60. The molecular weight excluding hydrogens is 206 g/mol. The smallest absolute Gasteiger partial charge is 0.312 e. The molecule has 1 unspecified atom stereocenters. The Morgan fingerprint density at radius 3 is 2.81 bits per heavy atom. The average Bonchev–Trinajstić information content (AvgIpc) is 2.28. The minimum absolute atomic E-state index is 0.234. The van der Waals surface area contributed by atoms with E-state index in [0.717, 1.165) is 5.69 Å². The first-order valence-electron chi connectivity index (χ1n) is 5.35. The van der Waals surface area contributed by atoms with Crippen LogP contribution >= 0.6 is 0 Å². The fourth-order valence-electron chi connectivity index (χ4n) is 1.11. The molecule has 16 heavy (non-hydrogen) atoms. The molecule has 0 saturated heterocycles. The molecule has 0 saturated carbocycles. The topological polar surface area (TPSA) is 48.4 Å². The molecule has 4 heteroatoms. The lowest BCUT2D eigenvalue weighted by atomic mass is 10.2. The van der Waals surface area contributed by atoms with Crippen LogP contribution in [0, 0.1) is 12.8 Å². The molecule has 0 aliphatic carbocycles. The SMILES string of the molecule is CCOC(=O)C(C)COc1ccc(C)nc1. The Labute approximate surface area is 95.6 Å². The number of aryl methyl sites for hydroxylation is 1. The van der Waals surface area contributed by atoms with Gasteiger partial charge in [0, 0.05) is 5.69 Å². The van der Waals surface area contributed by atoms with Crippen molar-refractivity contribution in [1.29, 1.82) is 0 Å². The predicted molar refractivity (Wildman–Crippen MR) is 60.3 cm³/mol. The number of hydrogen-bond acceptors (Lipinski definition) is 4. The van der Waals surface area contributed by atoms with Crippen molar-refractivity contribution < 1.29 is 14.3 Å². The van der Waals surface area contributed by atoms with E-state index in [0.29, 0.717) is 19.0 Å². The van der Waals surface area contributed by atoms with Gasteiger partial charge < -0.3 is 9.47 Å². The number of esters is 1. The number of pyridine rings is 1. The van der Waals surface area contributed by atoms with E-state index >= 15 is 0 Å². The van der Waals surface area contributed by atoms with Crippen LogP contribution in [0.15, 0.2) is 18.3 Å². The van der Waals surface area contributed by atoms with Crippen LogP contribution in [0.5, 0.6) is 5.75 Å². The van der Waals surface area contributed by atoms with Gasteiger partial charge in [-0.05, 0) is 32.9 Å². The largest absolute Gasteiger partial charge is 0.491 e. The molecule has 0 aliphatic rings. The highest BCUT2D eigenvalue weighted by atomic mass is 16.5. The zero-order valence-electron chi connectivity index (χ0n) is 9.90. The van der Waals surface area contributed by atoms with E-state index in [1.165, 1.54) is 0 Å². The molecule has 1 aromatic heterocycles. The summed E-state index contributed by atoms with van der Waals surface area (Å²) in [4.78, 5) is 15.4. The highest BCUT2D eigenvalue weighted by Crippen LogP contribution is 2.10. The van der Waals surface area contributed by atoms with Crippen LogP contribution in [0.2, 0.25) is 0 Å². The Hall–Kier alpha value is -1.58. The lowest BCUT2D eigenvalue weighted by Crippen LogP contribution is -2.21. The maximum Gasteiger partial charge on any atom is 0.312 e. The second kappa shape index (κ2) is 6.10. The summed E-state index contributed by atoms with van der Waals surface area (Å²) in [6.45, 7) is 6.18. The van der Waals surface area contributed by atoms with Gasteiger partial charge in [-0.25, -0.2) is 0 Å². The lowest BCUT2D eigenvalue weighted by molar-refractivity contribution is -0.148. The quantitative estimate of drug-likeness (QED) is 0.716. The molecule has 4 nitrogen and oxygen atoms in total. The van der Waals surface area contributed by atoms with Crippen molar-refractivity contribution in [2.45, 2.75) is 20.8 Å². The number of nitrogens with zero attached hydrogens (tertiary/aromatic N) is 1. The van der Waals surface area contributed by atoms with Crippen LogP contribution in [-0.4, -0.2) is 24.2 Å². The molecule has 88 valence electrons. The van der Waals surface area contributed by atoms with Crippen molar-refractivity contribution in [1.82, 2.24) is 4.98 Å². The Kier molecular flexibility index (Phi) is 4.76. The van der Waals surface area contributed by atoms with Gasteiger partial charge >= 0.3 is 5.97 Å². The fourth-order valence-corrected chi connectivity index (χ4v) is 1.11. The van der Waals surface area contributed by atoms with Gasteiger partial charge in [0.05, 0.1) is 18.7 Å². The summed E-state index contributed by atoms with van der Waals surface area (Å²) < 4.78 is 10.3. The summed E-state index contributed by atoms with van der Waals surface area (Å²) in [6.07, 6.45) is 1.65. The van der Waals surface area contributed by atoms with Crippen LogP contribution < -0.4 is 4.74 Å². The van der Waals surface area contributed by atoms with E-state index in [1.54, 1.807) is 20.0 Å². The molecule has 1 rings (SSSR count). The second-order valence-corrected chi connectivity index (χ2v) is 3.60. The van der Waals surface area contributed by atoms with Crippen molar-refractivity contribution in [2.75, 3.05) is 13.2 Å². The van der Waals surface area contributed by atoms with Crippen molar-refractivity contribution in [2.24, 2.45) is 5.92 Å². The van der Waals surface area contributed by atoms with Gasteiger partial charge in [0.1, 0.15) is 12.4 Å². The summed E-state index contributed by atoms with van der Waals surface area (Å²) in [7, 11) is 0. The zero-order chi connectivity index (χ0) is 12.0. The van der Waals surface area contributed by atoms with Crippen LogP contribution in [0.25, 0.3) is 0 Å². The summed E-state index contributed by atoms with van der Waals surface area (Å²) in [6, 6.07) is 3.70. The van der Waals surface area contributed by atoms with Gasteiger partial charge in [-0.15, -0.1) is 0 Å². The third-order valence-corrected chi connectivity index (χ3v) is 2.07. The number of aromatic nitrogens is 1. The highest BCUT2D eigenvalue weighted by Gasteiger charge is 2.14. The van der Waals surface area contributed by atoms with E-state index in [1.807, 2.05) is 19.1 Å². The standard InChI is InChI=1S/C12H17NO3/c1-4-15-12(14)9(2)8-16-11-6-5-10(3)13-7-11/h5-7,9H,4,8H2,1-3H3. The molecule has 0 aliphatic heterocycles. The number of ether oxygens (including phenoxy) is 2.